The summed E-state index contributed by atoms with van der Waals surface area (Å²) in [6.07, 6.45) is 3.34. The standard InChI is InChI=1S/C17H24N6O3/c1-11-5-8-23(14(24)4-7-19-17(25)26)9-13(11)22(2)16-12-3-6-18-15(12)20-10-21-16/h3,6,10-11,13,19H,4-5,7-9H2,1-2H3,(H,25,26)(H,18,20,21). The molecule has 1 saturated heterocycles. The molecule has 2 atom stereocenters. The summed E-state index contributed by atoms with van der Waals surface area (Å²) in [4.78, 5) is 38.6. The third-order valence-electron chi connectivity index (χ3n) is 5.05. The fourth-order valence-electron chi connectivity index (χ4n) is 3.51. The molecule has 3 N–H and O–H groups in total. The molecule has 0 aromatic carbocycles. The monoisotopic (exact) mass is 360 g/mol. The zero-order valence-corrected chi connectivity index (χ0v) is 15.0. The maximum absolute atomic E-state index is 12.4. The number of fused-ring (bicyclic) bond motifs is 1. The lowest BCUT2D eigenvalue weighted by Gasteiger charge is -2.42. The van der Waals surface area contributed by atoms with Crippen LogP contribution in [0.2, 0.25) is 0 Å². The second-order valence-corrected chi connectivity index (χ2v) is 6.70. The van der Waals surface area contributed by atoms with Crippen molar-refractivity contribution >= 4 is 28.9 Å². The van der Waals surface area contributed by atoms with E-state index in [2.05, 4.69) is 32.1 Å². The summed E-state index contributed by atoms with van der Waals surface area (Å²) in [5.74, 6) is 1.22. The second-order valence-electron chi connectivity index (χ2n) is 6.70. The van der Waals surface area contributed by atoms with Crippen LogP contribution in [0, 0.1) is 5.92 Å². The number of carbonyl (C=O) groups is 2. The Morgan fingerprint density at radius 2 is 2.27 bits per heavy atom. The molecular formula is C17H24N6O3. The van der Waals surface area contributed by atoms with Gasteiger partial charge in [0.05, 0.1) is 11.4 Å². The van der Waals surface area contributed by atoms with Crippen molar-refractivity contribution in [2.24, 2.45) is 5.92 Å². The number of amides is 2. The van der Waals surface area contributed by atoms with Crippen molar-refractivity contribution < 1.29 is 14.7 Å². The van der Waals surface area contributed by atoms with Crippen molar-refractivity contribution in [3.63, 3.8) is 0 Å². The Balaban J connectivity index is 1.71. The summed E-state index contributed by atoms with van der Waals surface area (Å²) >= 11 is 0. The van der Waals surface area contributed by atoms with Gasteiger partial charge in [0.25, 0.3) is 0 Å². The summed E-state index contributed by atoms with van der Waals surface area (Å²) < 4.78 is 0. The van der Waals surface area contributed by atoms with E-state index in [4.69, 9.17) is 5.11 Å². The lowest BCUT2D eigenvalue weighted by atomic mass is 9.92. The zero-order chi connectivity index (χ0) is 18.7. The van der Waals surface area contributed by atoms with Crippen LogP contribution in [0.3, 0.4) is 0 Å². The molecule has 9 nitrogen and oxygen atoms in total. The van der Waals surface area contributed by atoms with Crippen molar-refractivity contribution in [3.05, 3.63) is 18.6 Å². The number of likely N-dealkylation sites (tertiary alicyclic amines) is 1. The van der Waals surface area contributed by atoms with E-state index in [-0.39, 0.29) is 24.9 Å². The van der Waals surface area contributed by atoms with Gasteiger partial charge in [-0.25, -0.2) is 14.8 Å². The van der Waals surface area contributed by atoms with Crippen LogP contribution in [0.15, 0.2) is 18.6 Å². The van der Waals surface area contributed by atoms with E-state index in [0.29, 0.717) is 19.0 Å². The van der Waals surface area contributed by atoms with Crippen molar-refractivity contribution in [1.82, 2.24) is 25.2 Å². The molecule has 0 bridgehead atoms. The maximum atomic E-state index is 12.4. The van der Waals surface area contributed by atoms with Crippen LogP contribution in [-0.2, 0) is 4.79 Å². The van der Waals surface area contributed by atoms with Gasteiger partial charge in [-0.3, -0.25) is 4.79 Å². The van der Waals surface area contributed by atoms with Crippen LogP contribution < -0.4 is 10.2 Å². The molecule has 2 unspecified atom stereocenters. The van der Waals surface area contributed by atoms with Gasteiger partial charge in [-0.05, 0) is 18.4 Å². The Hall–Kier alpha value is -2.84. The Morgan fingerprint density at radius 3 is 3.04 bits per heavy atom. The second kappa shape index (κ2) is 7.59. The molecular weight excluding hydrogens is 336 g/mol. The minimum atomic E-state index is -1.11. The smallest absolute Gasteiger partial charge is 0.404 e. The molecule has 0 aliphatic carbocycles. The fraction of sp³-hybridized carbons (Fsp3) is 0.529. The molecule has 1 aliphatic heterocycles. The summed E-state index contributed by atoms with van der Waals surface area (Å²) in [6, 6.07) is 2.09. The molecule has 2 aromatic heterocycles. The molecule has 0 radical (unpaired) electrons. The first-order valence-electron chi connectivity index (χ1n) is 8.73. The molecule has 26 heavy (non-hydrogen) atoms. The molecule has 3 heterocycles. The van der Waals surface area contributed by atoms with Gasteiger partial charge in [-0.2, -0.15) is 0 Å². The first-order chi connectivity index (χ1) is 12.5. The van der Waals surface area contributed by atoms with Crippen molar-refractivity contribution in [1.29, 1.82) is 0 Å². The van der Waals surface area contributed by atoms with Gasteiger partial charge in [0, 0.05) is 39.3 Å². The third kappa shape index (κ3) is 3.71. The normalized spacial score (nSPS) is 20.2. The Bertz CT molecular complexity index is 792. The number of anilines is 1. The molecule has 0 spiro atoms. The number of carbonyl (C=O) groups excluding carboxylic acids is 1. The quantitative estimate of drug-likeness (QED) is 0.740. The SMILES string of the molecule is CC1CCN(C(=O)CCNC(=O)O)CC1N(C)c1ncnc2[nH]ccc12. The van der Waals surface area contributed by atoms with Gasteiger partial charge in [0.1, 0.15) is 17.8 Å². The fourth-order valence-corrected chi connectivity index (χ4v) is 3.51. The Labute approximate surface area is 151 Å². The highest BCUT2D eigenvalue weighted by Crippen LogP contribution is 2.28. The van der Waals surface area contributed by atoms with Crippen molar-refractivity contribution in [2.75, 3.05) is 31.6 Å². The minimum absolute atomic E-state index is 0.0291. The number of hydrogen-bond acceptors (Lipinski definition) is 5. The van der Waals surface area contributed by atoms with E-state index in [1.54, 1.807) is 6.33 Å². The zero-order valence-electron chi connectivity index (χ0n) is 15.0. The van der Waals surface area contributed by atoms with Gasteiger partial charge in [0.2, 0.25) is 5.91 Å². The number of nitrogens with one attached hydrogen (secondary N) is 2. The Kier molecular flexibility index (Phi) is 5.24. The highest BCUT2D eigenvalue weighted by Gasteiger charge is 2.32. The summed E-state index contributed by atoms with van der Waals surface area (Å²) in [5.41, 5.74) is 0.790. The molecule has 3 rings (SSSR count). The molecule has 0 saturated carbocycles. The molecule has 1 fully saturated rings. The van der Waals surface area contributed by atoms with E-state index in [0.717, 1.165) is 23.3 Å². The number of carboxylic acid groups (broad SMARTS) is 1. The average Bonchev–Trinajstić information content (AvgIpc) is 3.09. The number of nitrogens with zero attached hydrogens (tertiary/aromatic N) is 4. The predicted molar refractivity (Wildman–Crippen MR) is 97.1 cm³/mol. The van der Waals surface area contributed by atoms with Crippen molar-refractivity contribution in [3.8, 4) is 0 Å². The first kappa shape index (κ1) is 18.0. The first-order valence-corrected chi connectivity index (χ1v) is 8.73. The number of piperidine rings is 1. The number of H-pyrrole nitrogens is 1. The predicted octanol–water partition coefficient (Wildman–Crippen LogP) is 1.29. The van der Waals surface area contributed by atoms with E-state index in [9.17, 15) is 9.59 Å². The number of aromatic amines is 1. The average molecular weight is 360 g/mol. The molecule has 2 amide bonds. The van der Waals surface area contributed by atoms with Crippen LogP contribution in [0.25, 0.3) is 11.0 Å². The van der Waals surface area contributed by atoms with Gasteiger partial charge < -0.3 is 25.2 Å². The van der Waals surface area contributed by atoms with Crippen LogP contribution in [0.1, 0.15) is 19.8 Å². The topological polar surface area (TPSA) is 114 Å². The van der Waals surface area contributed by atoms with Crippen LogP contribution >= 0.6 is 0 Å². The molecule has 2 aromatic rings. The van der Waals surface area contributed by atoms with E-state index < -0.39 is 6.09 Å². The van der Waals surface area contributed by atoms with Crippen LogP contribution in [-0.4, -0.2) is 69.7 Å². The van der Waals surface area contributed by atoms with E-state index >= 15 is 0 Å². The summed E-state index contributed by atoms with van der Waals surface area (Å²) in [5, 5.41) is 11.8. The molecule has 1 aliphatic rings. The van der Waals surface area contributed by atoms with E-state index in [1.165, 1.54) is 0 Å². The van der Waals surface area contributed by atoms with Gasteiger partial charge in [-0.15, -0.1) is 0 Å². The highest BCUT2D eigenvalue weighted by atomic mass is 16.4. The number of hydrogen-bond donors (Lipinski definition) is 3. The van der Waals surface area contributed by atoms with Crippen LogP contribution in [0.4, 0.5) is 10.6 Å². The molecule has 9 heteroatoms. The highest BCUT2D eigenvalue weighted by molar-refractivity contribution is 5.87. The Morgan fingerprint density at radius 1 is 1.46 bits per heavy atom. The molecule has 140 valence electrons. The van der Waals surface area contributed by atoms with Crippen LogP contribution in [0.5, 0.6) is 0 Å². The minimum Gasteiger partial charge on any atom is -0.465 e. The lowest BCUT2D eigenvalue weighted by molar-refractivity contribution is -0.132. The van der Waals surface area contributed by atoms with Crippen molar-refractivity contribution in [2.45, 2.75) is 25.8 Å². The number of rotatable bonds is 5. The number of aromatic nitrogens is 3. The summed E-state index contributed by atoms with van der Waals surface area (Å²) in [7, 11) is 2.00. The summed E-state index contributed by atoms with van der Waals surface area (Å²) in [6.45, 7) is 3.61. The number of likely N-dealkylation sites (N-methyl/N-ethyl adjacent to an activating group) is 1. The van der Waals surface area contributed by atoms with Gasteiger partial charge >= 0.3 is 6.09 Å². The van der Waals surface area contributed by atoms with Gasteiger partial charge in [-0.1, -0.05) is 6.92 Å². The van der Waals surface area contributed by atoms with E-state index in [1.807, 2.05) is 24.2 Å². The largest absolute Gasteiger partial charge is 0.465 e. The maximum Gasteiger partial charge on any atom is 0.404 e. The third-order valence-corrected chi connectivity index (χ3v) is 5.05. The lowest BCUT2D eigenvalue weighted by Crippen LogP contribution is -2.53. The van der Waals surface area contributed by atoms with Gasteiger partial charge in [0.15, 0.2) is 0 Å².